The summed E-state index contributed by atoms with van der Waals surface area (Å²) in [6, 6.07) is 12.3. The molecule has 2 aromatic carbocycles. The van der Waals surface area contributed by atoms with E-state index in [2.05, 4.69) is 17.2 Å². The Morgan fingerprint density at radius 1 is 1.11 bits per heavy atom. The molecule has 2 aromatic rings. The molecule has 0 aromatic heterocycles. The van der Waals surface area contributed by atoms with Crippen LogP contribution in [0.5, 0.6) is 5.75 Å². The Balaban J connectivity index is 1.74. The molecule has 0 saturated carbocycles. The first-order valence-electron chi connectivity index (χ1n) is 7.94. The van der Waals surface area contributed by atoms with Crippen LogP contribution in [0.3, 0.4) is 0 Å². The normalized spacial score (nSPS) is 9.63. The second-order valence-corrected chi connectivity index (χ2v) is 5.38. The van der Waals surface area contributed by atoms with Crippen molar-refractivity contribution in [3.05, 3.63) is 69.8 Å². The highest BCUT2D eigenvalue weighted by molar-refractivity contribution is 5.95. The number of nitrogens with two attached hydrogens (primary N) is 1. The van der Waals surface area contributed by atoms with Gasteiger partial charge in [0.2, 0.25) is 5.91 Å². The van der Waals surface area contributed by atoms with Gasteiger partial charge in [-0.25, -0.2) is 0 Å². The van der Waals surface area contributed by atoms with E-state index in [0.717, 1.165) is 0 Å². The Morgan fingerprint density at radius 3 is 2.48 bits per heavy atom. The van der Waals surface area contributed by atoms with E-state index in [4.69, 9.17) is 10.5 Å². The summed E-state index contributed by atoms with van der Waals surface area (Å²) in [7, 11) is 0. The van der Waals surface area contributed by atoms with Crippen LogP contribution in [-0.2, 0) is 11.2 Å². The fourth-order valence-electron chi connectivity index (χ4n) is 2.15. The summed E-state index contributed by atoms with van der Waals surface area (Å²) in [5.41, 5.74) is 6.16. The van der Waals surface area contributed by atoms with Crippen molar-refractivity contribution in [1.82, 2.24) is 5.32 Å². The molecule has 0 aliphatic rings. The van der Waals surface area contributed by atoms with Crippen molar-refractivity contribution >= 4 is 17.5 Å². The second kappa shape index (κ2) is 9.58. The van der Waals surface area contributed by atoms with Crippen LogP contribution < -0.4 is 15.8 Å². The van der Waals surface area contributed by atoms with Gasteiger partial charge in [-0.1, -0.05) is 36.1 Å². The van der Waals surface area contributed by atoms with E-state index in [0.29, 0.717) is 11.3 Å². The van der Waals surface area contributed by atoms with Crippen LogP contribution in [0.25, 0.3) is 0 Å². The number of primary amides is 1. The van der Waals surface area contributed by atoms with E-state index in [1.54, 1.807) is 24.3 Å². The predicted molar refractivity (Wildman–Crippen MR) is 98.0 cm³/mol. The summed E-state index contributed by atoms with van der Waals surface area (Å²) in [6.07, 6.45) is 0.0994. The minimum atomic E-state index is -0.586. The highest BCUT2D eigenvalue weighted by atomic mass is 16.6. The van der Waals surface area contributed by atoms with Gasteiger partial charge in [-0.05, 0) is 17.7 Å². The lowest BCUT2D eigenvalue weighted by Gasteiger charge is -2.05. The number of nitrogens with one attached hydrogen (secondary N) is 1. The summed E-state index contributed by atoms with van der Waals surface area (Å²) in [5.74, 6) is 4.97. The first-order valence-corrected chi connectivity index (χ1v) is 7.94. The number of amides is 2. The number of carbonyl (C=O) groups excluding carboxylic acids is 2. The van der Waals surface area contributed by atoms with Crippen molar-refractivity contribution in [2.75, 3.05) is 13.2 Å². The fraction of sp³-hybridized carbons (Fsp3) is 0.158. The average molecular weight is 367 g/mol. The number of non-ortho nitro benzene ring substituents is 1. The van der Waals surface area contributed by atoms with E-state index in [1.165, 1.54) is 24.3 Å². The average Bonchev–Trinajstić information content (AvgIpc) is 2.65. The first-order chi connectivity index (χ1) is 13.0. The molecule has 0 aliphatic heterocycles. The van der Waals surface area contributed by atoms with Crippen LogP contribution in [0.4, 0.5) is 5.69 Å². The molecule has 0 spiro atoms. The third-order valence-corrected chi connectivity index (χ3v) is 3.46. The smallest absolute Gasteiger partial charge is 0.269 e. The fourth-order valence-corrected chi connectivity index (χ4v) is 2.15. The number of nitro groups is 1. The molecule has 2 amide bonds. The number of rotatable bonds is 7. The Bertz CT molecular complexity index is 898. The van der Waals surface area contributed by atoms with E-state index >= 15 is 0 Å². The van der Waals surface area contributed by atoms with Crippen LogP contribution >= 0.6 is 0 Å². The van der Waals surface area contributed by atoms with Crippen molar-refractivity contribution in [1.29, 1.82) is 0 Å². The van der Waals surface area contributed by atoms with E-state index in [-0.39, 0.29) is 36.7 Å². The Hall–Kier alpha value is -3.86. The Labute approximate surface area is 155 Å². The number of nitrogens with zero attached hydrogens (tertiary/aromatic N) is 1. The van der Waals surface area contributed by atoms with Gasteiger partial charge in [0.15, 0.2) is 0 Å². The van der Waals surface area contributed by atoms with Crippen LogP contribution in [0.15, 0.2) is 48.5 Å². The highest BCUT2D eigenvalue weighted by Gasteiger charge is 2.08. The summed E-state index contributed by atoms with van der Waals surface area (Å²) in [4.78, 5) is 33.2. The van der Waals surface area contributed by atoms with Crippen molar-refractivity contribution in [3.8, 4) is 17.6 Å². The number of para-hydroxylation sites is 1. The zero-order valence-electron chi connectivity index (χ0n) is 14.3. The van der Waals surface area contributed by atoms with Crippen molar-refractivity contribution in [3.63, 3.8) is 0 Å². The summed E-state index contributed by atoms with van der Waals surface area (Å²) in [6.45, 7) is 0.176. The minimum Gasteiger partial charge on any atom is -0.480 e. The van der Waals surface area contributed by atoms with E-state index in [1.807, 2.05) is 0 Å². The summed E-state index contributed by atoms with van der Waals surface area (Å²) in [5, 5.41) is 13.2. The third-order valence-electron chi connectivity index (χ3n) is 3.46. The molecule has 2 rings (SSSR count). The van der Waals surface area contributed by atoms with Crippen LogP contribution in [0.1, 0.15) is 15.9 Å². The summed E-state index contributed by atoms with van der Waals surface area (Å²) >= 11 is 0. The molecule has 0 fully saturated rings. The second-order valence-electron chi connectivity index (χ2n) is 5.38. The zero-order chi connectivity index (χ0) is 19.6. The van der Waals surface area contributed by atoms with Gasteiger partial charge in [0, 0.05) is 12.1 Å². The molecule has 8 nitrogen and oxygen atoms in total. The molecule has 0 heterocycles. The predicted octanol–water partition coefficient (Wildman–Crippen LogP) is 1.43. The molecule has 0 radical (unpaired) electrons. The number of hydrogen-bond acceptors (Lipinski definition) is 5. The number of nitro benzene ring substituents is 1. The molecular formula is C19H17N3O5. The standard InChI is InChI=1S/C19H17N3O5/c20-19(24)16-5-1-2-6-17(16)27-12-4-3-11-21-18(23)13-14-7-9-15(10-8-14)22(25)26/h1-2,5-10H,11-13H2,(H2,20,24)(H,21,23). The van der Waals surface area contributed by atoms with Gasteiger partial charge in [0.05, 0.1) is 23.5 Å². The van der Waals surface area contributed by atoms with Gasteiger partial charge in [-0.2, -0.15) is 0 Å². The van der Waals surface area contributed by atoms with Crippen molar-refractivity contribution in [2.45, 2.75) is 6.42 Å². The van der Waals surface area contributed by atoms with Crippen LogP contribution in [0.2, 0.25) is 0 Å². The maximum atomic E-state index is 11.8. The molecule has 0 saturated heterocycles. The van der Waals surface area contributed by atoms with Crippen LogP contribution in [-0.4, -0.2) is 29.9 Å². The molecular weight excluding hydrogens is 350 g/mol. The van der Waals surface area contributed by atoms with Crippen molar-refractivity contribution < 1.29 is 19.2 Å². The van der Waals surface area contributed by atoms with Crippen LogP contribution in [0, 0.1) is 22.0 Å². The lowest BCUT2D eigenvalue weighted by molar-refractivity contribution is -0.384. The lowest BCUT2D eigenvalue weighted by atomic mass is 10.1. The number of carbonyl (C=O) groups is 2. The van der Waals surface area contributed by atoms with Gasteiger partial charge in [-0.15, -0.1) is 0 Å². The number of hydrogen-bond donors (Lipinski definition) is 2. The lowest BCUT2D eigenvalue weighted by Crippen LogP contribution is -2.25. The van der Waals surface area contributed by atoms with Gasteiger partial charge in [0.25, 0.3) is 11.6 Å². The minimum absolute atomic E-state index is 0.0251. The largest absolute Gasteiger partial charge is 0.480 e. The first kappa shape index (κ1) is 19.5. The van der Waals surface area contributed by atoms with E-state index < -0.39 is 10.8 Å². The topological polar surface area (TPSA) is 125 Å². The SMILES string of the molecule is NC(=O)c1ccccc1OCC#CCNC(=O)Cc1ccc([N+](=O)[O-])cc1. The third kappa shape index (κ3) is 6.17. The van der Waals surface area contributed by atoms with Gasteiger partial charge >= 0.3 is 0 Å². The quantitative estimate of drug-likeness (QED) is 0.435. The number of benzene rings is 2. The maximum absolute atomic E-state index is 11.8. The molecule has 27 heavy (non-hydrogen) atoms. The summed E-state index contributed by atoms with van der Waals surface area (Å²) < 4.78 is 5.39. The van der Waals surface area contributed by atoms with Gasteiger partial charge in [-0.3, -0.25) is 19.7 Å². The van der Waals surface area contributed by atoms with Crippen molar-refractivity contribution in [2.24, 2.45) is 5.73 Å². The molecule has 0 bridgehead atoms. The highest BCUT2D eigenvalue weighted by Crippen LogP contribution is 2.16. The molecule has 138 valence electrons. The monoisotopic (exact) mass is 367 g/mol. The Kier molecular flexibility index (Phi) is 6.91. The molecule has 0 unspecified atom stereocenters. The molecule has 0 aliphatic carbocycles. The molecule has 3 N–H and O–H groups in total. The molecule has 8 heteroatoms. The molecule has 0 atom stereocenters. The van der Waals surface area contributed by atoms with Gasteiger partial charge < -0.3 is 15.8 Å². The zero-order valence-corrected chi connectivity index (χ0v) is 14.3. The maximum Gasteiger partial charge on any atom is 0.269 e. The van der Waals surface area contributed by atoms with E-state index in [9.17, 15) is 19.7 Å². The van der Waals surface area contributed by atoms with Gasteiger partial charge in [0.1, 0.15) is 12.4 Å². The Morgan fingerprint density at radius 2 is 1.81 bits per heavy atom. The number of ether oxygens (including phenoxy) is 1.